The third kappa shape index (κ3) is 7.82. The summed E-state index contributed by atoms with van der Waals surface area (Å²) in [5, 5.41) is 20.0. The number of urea groups is 1. The fourth-order valence-corrected chi connectivity index (χ4v) is 4.64. The van der Waals surface area contributed by atoms with Gasteiger partial charge >= 0.3 is 6.03 Å². The lowest BCUT2D eigenvalue weighted by Crippen LogP contribution is -2.50. The molecule has 0 fully saturated rings. The summed E-state index contributed by atoms with van der Waals surface area (Å²) in [6.45, 7) is 1.88. The van der Waals surface area contributed by atoms with Gasteiger partial charge in [0.15, 0.2) is 0 Å². The fraction of sp³-hybridized carbons (Fsp3) is 0.345. The summed E-state index contributed by atoms with van der Waals surface area (Å²) >= 11 is 0. The first-order valence-electron chi connectivity index (χ1n) is 12.6. The summed E-state index contributed by atoms with van der Waals surface area (Å²) in [5.74, 6) is -1.44. The summed E-state index contributed by atoms with van der Waals surface area (Å²) in [5.41, 5.74) is 4.27. The van der Waals surface area contributed by atoms with E-state index in [2.05, 4.69) is 39.0 Å². The third-order valence-corrected chi connectivity index (χ3v) is 6.39. The Labute approximate surface area is 221 Å². The zero-order valence-corrected chi connectivity index (χ0v) is 21.6. The Bertz CT molecular complexity index is 1210. The highest BCUT2D eigenvalue weighted by atomic mass is 19.1. The Balaban J connectivity index is 1.47. The molecular formula is C29H34F2N4O3. The number of fused-ring (bicyclic) bond motifs is 1. The smallest absolute Gasteiger partial charge is 0.319 e. The number of aliphatic hydroxyl groups is 1. The van der Waals surface area contributed by atoms with Crippen molar-refractivity contribution in [3.8, 4) is 0 Å². The number of carbonyl (C=O) groups is 1. The van der Waals surface area contributed by atoms with Crippen molar-refractivity contribution in [3.05, 3.63) is 101 Å². The lowest BCUT2D eigenvalue weighted by Gasteiger charge is -2.30. The number of benzene rings is 3. The molecule has 0 saturated heterocycles. The van der Waals surface area contributed by atoms with Crippen LogP contribution in [0.25, 0.3) is 0 Å². The number of amides is 2. The van der Waals surface area contributed by atoms with E-state index in [9.17, 15) is 18.7 Å². The molecule has 0 aliphatic carbocycles. The van der Waals surface area contributed by atoms with E-state index in [0.29, 0.717) is 24.5 Å². The lowest BCUT2D eigenvalue weighted by atomic mass is 9.95. The molecule has 3 aromatic carbocycles. The van der Waals surface area contributed by atoms with Gasteiger partial charge in [-0.15, -0.1) is 0 Å². The van der Waals surface area contributed by atoms with E-state index in [1.54, 1.807) is 24.3 Å². The number of nitrogens with one attached hydrogen (secondary N) is 3. The average molecular weight is 525 g/mol. The highest BCUT2D eigenvalue weighted by Crippen LogP contribution is 2.26. The van der Waals surface area contributed by atoms with Crippen LogP contribution in [0.3, 0.4) is 0 Å². The SMILES string of the molecule is CN(C)Cc1ccc2c(c1)C(NC[C@H](O)[C@H](Cc1cc(F)cc(F)c1)NC(=O)Nc1ccccc1)COC2. The van der Waals surface area contributed by atoms with Crippen molar-refractivity contribution in [1.82, 2.24) is 15.5 Å². The maximum atomic E-state index is 13.8. The molecule has 3 aromatic rings. The van der Waals surface area contributed by atoms with Crippen LogP contribution in [0.4, 0.5) is 19.3 Å². The number of aliphatic hydroxyl groups excluding tert-OH is 1. The van der Waals surface area contributed by atoms with Crippen LogP contribution < -0.4 is 16.0 Å². The van der Waals surface area contributed by atoms with Crippen molar-refractivity contribution >= 4 is 11.7 Å². The summed E-state index contributed by atoms with van der Waals surface area (Å²) in [6.07, 6.45) is -1.03. The monoisotopic (exact) mass is 524 g/mol. The molecule has 2 amide bonds. The maximum Gasteiger partial charge on any atom is 0.319 e. The predicted molar refractivity (Wildman–Crippen MR) is 143 cm³/mol. The van der Waals surface area contributed by atoms with Gasteiger partial charge in [-0.3, -0.25) is 0 Å². The van der Waals surface area contributed by atoms with Gasteiger partial charge in [-0.25, -0.2) is 13.6 Å². The van der Waals surface area contributed by atoms with Gasteiger partial charge in [0.05, 0.1) is 31.4 Å². The second-order valence-corrected chi connectivity index (χ2v) is 9.87. The van der Waals surface area contributed by atoms with E-state index in [1.807, 2.05) is 20.2 Å². The largest absolute Gasteiger partial charge is 0.390 e. The van der Waals surface area contributed by atoms with E-state index in [1.165, 1.54) is 17.7 Å². The molecule has 3 atom stereocenters. The highest BCUT2D eigenvalue weighted by molar-refractivity contribution is 5.89. The average Bonchev–Trinajstić information content (AvgIpc) is 2.86. The Kier molecular flexibility index (Phi) is 9.41. The molecule has 1 unspecified atom stereocenters. The molecular weight excluding hydrogens is 490 g/mol. The third-order valence-electron chi connectivity index (χ3n) is 6.39. The Morgan fingerprint density at radius 1 is 1.05 bits per heavy atom. The van der Waals surface area contributed by atoms with Crippen molar-refractivity contribution in [2.45, 2.75) is 37.8 Å². The molecule has 4 rings (SSSR count). The van der Waals surface area contributed by atoms with Gasteiger partial charge in [-0.05, 0) is 67.0 Å². The molecule has 0 spiro atoms. The number of nitrogens with zero attached hydrogens (tertiary/aromatic N) is 1. The minimum atomic E-state index is -1.06. The lowest BCUT2D eigenvalue weighted by molar-refractivity contribution is 0.0708. The van der Waals surface area contributed by atoms with Crippen molar-refractivity contribution in [2.75, 3.05) is 32.6 Å². The molecule has 1 aliphatic rings. The van der Waals surface area contributed by atoms with Crippen LogP contribution in [0.5, 0.6) is 0 Å². The first-order chi connectivity index (χ1) is 18.3. The number of carbonyl (C=O) groups excluding carboxylic acids is 1. The zero-order valence-electron chi connectivity index (χ0n) is 21.6. The van der Waals surface area contributed by atoms with Crippen LogP contribution >= 0.6 is 0 Å². The molecule has 9 heteroatoms. The van der Waals surface area contributed by atoms with E-state index in [0.717, 1.165) is 23.7 Å². The summed E-state index contributed by atoms with van der Waals surface area (Å²) < 4.78 is 33.4. The summed E-state index contributed by atoms with van der Waals surface area (Å²) in [7, 11) is 4.03. The molecule has 0 bridgehead atoms. The molecule has 4 N–H and O–H groups in total. The van der Waals surface area contributed by atoms with Gasteiger partial charge < -0.3 is 30.7 Å². The Morgan fingerprint density at radius 3 is 2.50 bits per heavy atom. The van der Waals surface area contributed by atoms with Gasteiger partial charge in [0.1, 0.15) is 11.6 Å². The van der Waals surface area contributed by atoms with Gasteiger partial charge in [0.2, 0.25) is 0 Å². The number of halogens is 2. The number of para-hydroxylation sites is 1. The van der Waals surface area contributed by atoms with Gasteiger partial charge in [-0.2, -0.15) is 0 Å². The zero-order chi connectivity index (χ0) is 27.1. The predicted octanol–water partition coefficient (Wildman–Crippen LogP) is 3.98. The van der Waals surface area contributed by atoms with Crippen LogP contribution in [0.2, 0.25) is 0 Å². The number of anilines is 1. The summed E-state index contributed by atoms with van der Waals surface area (Å²) in [6, 6.07) is 16.9. The number of ether oxygens (including phenoxy) is 1. The van der Waals surface area contributed by atoms with E-state index < -0.39 is 29.8 Å². The van der Waals surface area contributed by atoms with Crippen molar-refractivity contribution < 1.29 is 23.4 Å². The molecule has 0 radical (unpaired) electrons. The van der Waals surface area contributed by atoms with Gasteiger partial charge in [-0.1, -0.05) is 36.4 Å². The topological polar surface area (TPSA) is 85.9 Å². The minimum absolute atomic E-state index is 0.0322. The second kappa shape index (κ2) is 12.9. The first-order valence-corrected chi connectivity index (χ1v) is 12.6. The number of rotatable bonds is 10. The van der Waals surface area contributed by atoms with Crippen LogP contribution in [-0.4, -0.2) is 55.4 Å². The molecule has 1 heterocycles. The molecule has 202 valence electrons. The molecule has 0 aromatic heterocycles. The quantitative estimate of drug-likeness (QED) is 0.323. The van der Waals surface area contributed by atoms with Gasteiger partial charge in [0.25, 0.3) is 0 Å². The second-order valence-electron chi connectivity index (χ2n) is 9.87. The fourth-order valence-electron chi connectivity index (χ4n) is 4.64. The number of hydrogen-bond donors (Lipinski definition) is 4. The van der Waals surface area contributed by atoms with E-state index in [4.69, 9.17) is 4.74 Å². The van der Waals surface area contributed by atoms with Crippen LogP contribution in [0.15, 0.2) is 66.7 Å². The van der Waals surface area contributed by atoms with E-state index >= 15 is 0 Å². The Morgan fingerprint density at radius 2 is 1.79 bits per heavy atom. The molecule has 0 saturated carbocycles. The minimum Gasteiger partial charge on any atom is -0.390 e. The summed E-state index contributed by atoms with van der Waals surface area (Å²) in [4.78, 5) is 14.8. The normalized spacial score (nSPS) is 16.5. The highest BCUT2D eigenvalue weighted by Gasteiger charge is 2.26. The van der Waals surface area contributed by atoms with Gasteiger partial charge in [0, 0.05) is 24.8 Å². The number of hydrogen-bond acceptors (Lipinski definition) is 5. The molecule has 1 aliphatic heterocycles. The van der Waals surface area contributed by atoms with Crippen molar-refractivity contribution in [1.29, 1.82) is 0 Å². The van der Waals surface area contributed by atoms with Crippen molar-refractivity contribution in [2.24, 2.45) is 0 Å². The van der Waals surface area contributed by atoms with Crippen LogP contribution in [0, 0.1) is 11.6 Å². The molecule has 38 heavy (non-hydrogen) atoms. The van der Waals surface area contributed by atoms with E-state index in [-0.39, 0.29) is 19.0 Å². The standard InChI is InChI=1S/C29H34F2N4O3/c1-35(2)16-19-8-9-21-17-38-18-27(25(21)12-19)32-15-28(36)26(13-20-10-22(30)14-23(31)11-20)34-29(37)33-24-6-4-3-5-7-24/h3-12,14,26-28,32,36H,13,15-18H2,1-2H3,(H2,33,34,37)/t26-,27?,28-/m0/s1. The molecule has 7 nitrogen and oxygen atoms in total. The van der Waals surface area contributed by atoms with Crippen LogP contribution in [-0.2, 0) is 24.3 Å². The first kappa shape index (κ1) is 27.7. The van der Waals surface area contributed by atoms with Crippen molar-refractivity contribution in [3.63, 3.8) is 0 Å². The maximum absolute atomic E-state index is 13.8. The van der Waals surface area contributed by atoms with Crippen LogP contribution in [0.1, 0.15) is 28.3 Å². The Hall–Kier alpha value is -3.37.